The highest BCUT2D eigenvalue weighted by Gasteiger charge is 2.29. The van der Waals surface area contributed by atoms with E-state index in [0.717, 1.165) is 29.6 Å². The Morgan fingerprint density at radius 3 is 2.64 bits per heavy atom. The Kier molecular flexibility index (Phi) is 8.13. The second-order valence-corrected chi connectivity index (χ2v) is 10.1. The second-order valence-electron chi connectivity index (χ2n) is 9.67. The summed E-state index contributed by atoms with van der Waals surface area (Å²) in [5.74, 6) is 1.50. The van der Waals surface area contributed by atoms with E-state index in [1.807, 2.05) is 24.3 Å². The monoisotopic (exact) mass is 465 g/mol. The van der Waals surface area contributed by atoms with Crippen LogP contribution in [0, 0.1) is 5.92 Å². The van der Waals surface area contributed by atoms with Crippen LogP contribution in [0.2, 0.25) is 0 Å². The molecular formula is C28H39N3OS. The number of thiocarbonyl (C=S) groups is 1. The summed E-state index contributed by atoms with van der Waals surface area (Å²) in [5, 5.41) is 4.33. The molecule has 178 valence electrons. The van der Waals surface area contributed by atoms with Crippen LogP contribution in [0.1, 0.15) is 63.5 Å². The van der Waals surface area contributed by atoms with Crippen LogP contribution < -0.4 is 15.0 Å². The summed E-state index contributed by atoms with van der Waals surface area (Å²) < 4.78 is 5.30. The quantitative estimate of drug-likeness (QED) is 0.463. The van der Waals surface area contributed by atoms with E-state index < -0.39 is 0 Å². The van der Waals surface area contributed by atoms with Crippen LogP contribution >= 0.6 is 12.2 Å². The molecule has 5 heteroatoms. The normalized spacial score (nSPS) is 20.2. The molecular weight excluding hydrogens is 426 g/mol. The average molecular weight is 466 g/mol. The van der Waals surface area contributed by atoms with E-state index in [9.17, 15) is 0 Å². The minimum atomic E-state index is 0.477. The average Bonchev–Trinajstić information content (AvgIpc) is 2.84. The number of ether oxygens (including phenoxy) is 1. The van der Waals surface area contributed by atoms with E-state index in [2.05, 4.69) is 47.2 Å². The number of anilines is 2. The highest BCUT2D eigenvalue weighted by atomic mass is 32.1. The third kappa shape index (κ3) is 5.81. The maximum atomic E-state index is 6.00. The number of hydrogen-bond acceptors (Lipinski definition) is 3. The molecule has 0 unspecified atom stereocenters. The molecule has 1 heterocycles. The third-order valence-corrected chi connectivity index (χ3v) is 7.61. The van der Waals surface area contributed by atoms with Crippen molar-refractivity contribution in [2.45, 2.75) is 71.4 Å². The topological polar surface area (TPSA) is 27.7 Å². The molecule has 2 aromatic rings. The predicted octanol–water partition coefficient (Wildman–Crippen LogP) is 6.64. The van der Waals surface area contributed by atoms with Crippen molar-refractivity contribution in [1.29, 1.82) is 0 Å². The first-order valence-electron chi connectivity index (χ1n) is 12.7. The number of nitrogens with zero attached hydrogens (tertiary/aromatic N) is 2. The molecule has 1 fully saturated rings. The lowest BCUT2D eigenvalue weighted by atomic mass is 9.84. The lowest BCUT2D eigenvalue weighted by Gasteiger charge is -2.40. The summed E-state index contributed by atoms with van der Waals surface area (Å²) in [6, 6.07) is 15.6. The number of aryl methyl sites for hydroxylation is 1. The summed E-state index contributed by atoms with van der Waals surface area (Å²) in [4.78, 5) is 5.01. The maximum Gasteiger partial charge on any atom is 0.173 e. The first-order chi connectivity index (χ1) is 16.1. The summed E-state index contributed by atoms with van der Waals surface area (Å²) in [7, 11) is 1.69. The van der Waals surface area contributed by atoms with E-state index in [0.29, 0.717) is 12.0 Å². The Balaban J connectivity index is 1.55. The number of fused-ring (bicyclic) bond motifs is 1. The predicted molar refractivity (Wildman–Crippen MR) is 143 cm³/mol. The van der Waals surface area contributed by atoms with Crippen LogP contribution in [0.25, 0.3) is 0 Å². The van der Waals surface area contributed by atoms with Gasteiger partial charge in [-0.15, -0.1) is 0 Å². The zero-order valence-electron chi connectivity index (χ0n) is 20.5. The van der Waals surface area contributed by atoms with E-state index in [1.165, 1.54) is 68.3 Å². The van der Waals surface area contributed by atoms with Crippen molar-refractivity contribution in [2.75, 3.05) is 30.4 Å². The first-order valence-corrected chi connectivity index (χ1v) is 13.1. The molecule has 2 aromatic carbocycles. The van der Waals surface area contributed by atoms with Crippen molar-refractivity contribution < 1.29 is 4.74 Å². The highest BCUT2D eigenvalue weighted by molar-refractivity contribution is 7.80. The molecule has 0 aromatic heterocycles. The van der Waals surface area contributed by atoms with Gasteiger partial charge in [0.15, 0.2) is 5.11 Å². The molecule has 1 saturated carbocycles. The van der Waals surface area contributed by atoms with E-state index in [4.69, 9.17) is 17.0 Å². The van der Waals surface area contributed by atoms with Gasteiger partial charge in [-0.05, 0) is 91.7 Å². The Morgan fingerprint density at radius 2 is 1.91 bits per heavy atom. The maximum absolute atomic E-state index is 6.00. The fourth-order valence-electron chi connectivity index (χ4n) is 5.49. The fraction of sp³-hybridized carbons (Fsp3) is 0.536. The van der Waals surface area contributed by atoms with Gasteiger partial charge in [0.1, 0.15) is 5.75 Å². The zero-order valence-corrected chi connectivity index (χ0v) is 21.3. The van der Waals surface area contributed by atoms with Crippen molar-refractivity contribution in [3.8, 4) is 5.75 Å². The standard InChI is InChI=1S/C28H39N3OS/c1-4-17-30-18-7-9-23-19-22(11-16-27(23)30)20-31(26-10-6-5-8-21(26)2)28(33)29-24-12-14-25(32-3)15-13-24/h11-16,19,21,26H,4-10,17-18,20H2,1-3H3,(H,29,33)/t21-,26-/m0/s1. The summed E-state index contributed by atoms with van der Waals surface area (Å²) in [6.45, 7) is 7.85. The van der Waals surface area contributed by atoms with Gasteiger partial charge in [-0.2, -0.15) is 0 Å². The minimum absolute atomic E-state index is 0.477. The molecule has 0 spiro atoms. The van der Waals surface area contributed by atoms with Gasteiger partial charge in [0.05, 0.1) is 7.11 Å². The molecule has 1 aliphatic heterocycles. The van der Waals surface area contributed by atoms with Crippen molar-refractivity contribution >= 4 is 28.7 Å². The molecule has 0 radical (unpaired) electrons. The molecule has 4 nitrogen and oxygen atoms in total. The first kappa shape index (κ1) is 23.9. The summed E-state index contributed by atoms with van der Waals surface area (Å²) >= 11 is 6.00. The molecule has 2 aliphatic rings. The molecule has 4 rings (SSSR count). The molecule has 0 saturated heterocycles. The van der Waals surface area contributed by atoms with E-state index in [-0.39, 0.29) is 0 Å². The van der Waals surface area contributed by atoms with Crippen molar-refractivity contribution in [3.63, 3.8) is 0 Å². The second kappa shape index (κ2) is 11.2. The molecule has 1 aliphatic carbocycles. The van der Waals surface area contributed by atoms with Gasteiger partial charge in [0.25, 0.3) is 0 Å². The summed E-state index contributed by atoms with van der Waals surface area (Å²) in [5.41, 5.74) is 5.31. The van der Waals surface area contributed by atoms with Crippen LogP contribution in [0.4, 0.5) is 11.4 Å². The molecule has 1 N–H and O–H groups in total. The van der Waals surface area contributed by atoms with Gasteiger partial charge in [0.2, 0.25) is 0 Å². The van der Waals surface area contributed by atoms with Gasteiger partial charge < -0.3 is 19.9 Å². The number of rotatable bonds is 7. The molecule has 2 atom stereocenters. The Morgan fingerprint density at radius 1 is 1.12 bits per heavy atom. The van der Waals surface area contributed by atoms with Crippen LogP contribution in [0.5, 0.6) is 5.75 Å². The summed E-state index contributed by atoms with van der Waals surface area (Å²) in [6.07, 6.45) is 8.72. The van der Waals surface area contributed by atoms with Crippen molar-refractivity contribution in [2.24, 2.45) is 5.92 Å². The van der Waals surface area contributed by atoms with Gasteiger partial charge in [0, 0.05) is 37.1 Å². The Labute approximate surface area is 205 Å². The van der Waals surface area contributed by atoms with Crippen LogP contribution in [0.3, 0.4) is 0 Å². The third-order valence-electron chi connectivity index (χ3n) is 7.27. The lowest BCUT2D eigenvalue weighted by molar-refractivity contribution is 0.177. The largest absolute Gasteiger partial charge is 0.497 e. The highest BCUT2D eigenvalue weighted by Crippen LogP contribution is 2.32. The van der Waals surface area contributed by atoms with Crippen molar-refractivity contribution in [1.82, 2.24) is 4.90 Å². The van der Waals surface area contributed by atoms with Gasteiger partial charge in [-0.25, -0.2) is 0 Å². The fourth-order valence-corrected chi connectivity index (χ4v) is 5.81. The molecule has 0 amide bonds. The van der Waals surface area contributed by atoms with Crippen molar-refractivity contribution in [3.05, 3.63) is 53.6 Å². The number of methoxy groups -OCH3 is 1. The minimum Gasteiger partial charge on any atom is -0.497 e. The number of hydrogen-bond donors (Lipinski definition) is 1. The van der Waals surface area contributed by atoms with Crippen LogP contribution in [0.15, 0.2) is 42.5 Å². The van der Waals surface area contributed by atoms with E-state index in [1.54, 1.807) is 7.11 Å². The smallest absolute Gasteiger partial charge is 0.173 e. The Hall–Kier alpha value is -2.27. The van der Waals surface area contributed by atoms with Gasteiger partial charge >= 0.3 is 0 Å². The number of benzene rings is 2. The van der Waals surface area contributed by atoms with Gasteiger partial charge in [-0.1, -0.05) is 38.8 Å². The Bertz CT molecular complexity index is 929. The number of nitrogens with one attached hydrogen (secondary N) is 1. The lowest BCUT2D eigenvalue weighted by Crippen LogP contribution is -2.46. The van der Waals surface area contributed by atoms with E-state index >= 15 is 0 Å². The van der Waals surface area contributed by atoms with Crippen LogP contribution in [-0.4, -0.2) is 36.3 Å². The van der Waals surface area contributed by atoms with Gasteiger partial charge in [-0.3, -0.25) is 0 Å². The molecule has 33 heavy (non-hydrogen) atoms. The SMILES string of the molecule is CCCN1CCCc2cc(CN(C(=S)Nc3ccc(OC)cc3)[C@H]3CCCC[C@@H]3C)ccc21. The zero-order chi connectivity index (χ0) is 23.2. The van der Waals surface area contributed by atoms with Crippen LogP contribution in [-0.2, 0) is 13.0 Å². The molecule has 0 bridgehead atoms.